The van der Waals surface area contributed by atoms with E-state index < -0.39 is 0 Å². The molecule has 1 aliphatic rings. The van der Waals surface area contributed by atoms with Gasteiger partial charge in [-0.1, -0.05) is 12.2 Å². The Balaban J connectivity index is 0.000000640. The summed E-state index contributed by atoms with van der Waals surface area (Å²) in [6, 6.07) is 0. The molecule has 0 aromatic rings. The van der Waals surface area contributed by atoms with Crippen LogP contribution in [0.25, 0.3) is 0 Å². The molecular weight excluding hydrogens is 280 g/mol. The molecule has 0 saturated heterocycles. The first kappa shape index (κ1) is 9.17. The molecule has 1 heteroatoms. The first-order chi connectivity index (χ1) is 3.80. The Morgan fingerprint density at radius 3 is 1.44 bits per heavy atom. The van der Waals surface area contributed by atoms with E-state index in [1.807, 2.05) is 12.2 Å². The van der Waals surface area contributed by atoms with Gasteiger partial charge in [-0.05, 0) is 0 Å². The largest absolute Gasteiger partial charge is 2.00 e. The van der Waals surface area contributed by atoms with E-state index in [9.17, 15) is 0 Å². The Labute approximate surface area is 71.3 Å². The van der Waals surface area contributed by atoms with Crippen molar-refractivity contribution in [3.63, 3.8) is 0 Å². The second kappa shape index (κ2) is 4.06. The molecule has 9 heavy (non-hydrogen) atoms. The maximum absolute atomic E-state index is 3.88. The first-order valence-electron chi connectivity index (χ1n) is 2.82. The van der Waals surface area contributed by atoms with E-state index in [-0.39, 0.29) is 21.1 Å². The van der Waals surface area contributed by atoms with E-state index in [1.165, 1.54) is 0 Å². The average molecular weight is 290 g/mol. The zero-order valence-electron chi connectivity index (χ0n) is 5.29. The van der Waals surface area contributed by atoms with Crippen molar-refractivity contribution in [2.45, 2.75) is 0 Å². The number of allylic oxidation sites excluding steroid dienone is 4. The Bertz CT molecular complexity index is 109. The molecule has 1 rings (SSSR count). The summed E-state index contributed by atoms with van der Waals surface area (Å²) in [4.78, 5) is 0. The molecular formula is C8H10W. The number of hydrogen-bond donors (Lipinski definition) is 0. The first-order valence-corrected chi connectivity index (χ1v) is 2.82. The molecule has 0 fully saturated rings. The molecule has 0 radical (unpaired) electrons. The summed E-state index contributed by atoms with van der Waals surface area (Å²) >= 11 is 0. The van der Waals surface area contributed by atoms with Crippen molar-refractivity contribution < 1.29 is 21.1 Å². The van der Waals surface area contributed by atoms with Crippen molar-refractivity contribution in [3.8, 4) is 0 Å². The van der Waals surface area contributed by atoms with Crippen LogP contribution in [0, 0.1) is 25.7 Å². The summed E-state index contributed by atoms with van der Waals surface area (Å²) in [6.07, 6.45) is 8.16. The Morgan fingerprint density at radius 2 is 1.22 bits per heavy atom. The fraction of sp³-hybridized carbons (Fsp3) is 0.250. The van der Waals surface area contributed by atoms with Gasteiger partial charge >= 0.3 is 21.1 Å². The van der Waals surface area contributed by atoms with Crippen LogP contribution < -0.4 is 0 Å². The summed E-state index contributed by atoms with van der Waals surface area (Å²) in [5.41, 5.74) is 0. The van der Waals surface area contributed by atoms with Gasteiger partial charge in [0.2, 0.25) is 0 Å². The van der Waals surface area contributed by atoms with Gasteiger partial charge in [0.1, 0.15) is 0 Å². The van der Waals surface area contributed by atoms with E-state index in [0.717, 1.165) is 0 Å². The van der Waals surface area contributed by atoms with Crippen LogP contribution in [0.2, 0.25) is 0 Å². The van der Waals surface area contributed by atoms with Gasteiger partial charge < -0.3 is 13.8 Å². The fourth-order valence-corrected chi connectivity index (χ4v) is 0.699. The molecule has 0 amide bonds. The van der Waals surface area contributed by atoms with Crippen molar-refractivity contribution >= 4 is 0 Å². The van der Waals surface area contributed by atoms with Gasteiger partial charge in [-0.2, -0.15) is 11.8 Å². The van der Waals surface area contributed by atoms with E-state index in [0.29, 0.717) is 11.8 Å². The smallest absolute Gasteiger partial charge is 0.338 e. The average Bonchev–Trinajstić information content (AvgIpc) is 1.77. The van der Waals surface area contributed by atoms with Crippen LogP contribution in [-0.4, -0.2) is 0 Å². The van der Waals surface area contributed by atoms with Crippen LogP contribution in [0.4, 0.5) is 0 Å². The van der Waals surface area contributed by atoms with Gasteiger partial charge in [-0.25, -0.2) is 0 Å². The van der Waals surface area contributed by atoms with Crippen LogP contribution in [0.3, 0.4) is 0 Å². The van der Waals surface area contributed by atoms with Crippen LogP contribution in [0.5, 0.6) is 0 Å². The molecule has 0 aliphatic heterocycles. The minimum Gasteiger partial charge on any atom is -0.338 e. The molecule has 0 N–H and O–H groups in total. The quantitative estimate of drug-likeness (QED) is 0.599. The van der Waals surface area contributed by atoms with Crippen LogP contribution in [0.15, 0.2) is 24.3 Å². The standard InChI is InChI=1S/C8H10.W/c1-7-5-3-4-6-8(7)2;/h3-8H,1-2H2;/q-2;+2. The molecule has 2 unspecified atom stereocenters. The summed E-state index contributed by atoms with van der Waals surface area (Å²) < 4.78 is 0. The maximum atomic E-state index is 3.88. The molecule has 0 aromatic heterocycles. The second-order valence-corrected chi connectivity index (χ2v) is 2.10. The summed E-state index contributed by atoms with van der Waals surface area (Å²) in [6.45, 7) is 7.76. The van der Waals surface area contributed by atoms with E-state index in [1.54, 1.807) is 0 Å². The molecule has 0 nitrogen and oxygen atoms in total. The van der Waals surface area contributed by atoms with Crippen molar-refractivity contribution in [1.29, 1.82) is 0 Å². The second-order valence-electron chi connectivity index (χ2n) is 2.10. The van der Waals surface area contributed by atoms with Crippen molar-refractivity contribution in [3.05, 3.63) is 38.2 Å². The Morgan fingerprint density at radius 1 is 0.889 bits per heavy atom. The van der Waals surface area contributed by atoms with Gasteiger partial charge in [0.05, 0.1) is 0 Å². The van der Waals surface area contributed by atoms with Crippen molar-refractivity contribution in [2.75, 3.05) is 0 Å². The molecule has 0 spiro atoms. The summed E-state index contributed by atoms with van der Waals surface area (Å²) in [7, 11) is 0. The van der Waals surface area contributed by atoms with Gasteiger partial charge in [0.25, 0.3) is 0 Å². The Kier molecular flexibility index (Phi) is 4.14. The minimum absolute atomic E-state index is 0. The maximum Gasteiger partial charge on any atom is 2.00 e. The van der Waals surface area contributed by atoms with Gasteiger partial charge in [-0.15, -0.1) is 12.2 Å². The fourth-order valence-electron chi connectivity index (χ4n) is 0.699. The summed E-state index contributed by atoms with van der Waals surface area (Å²) in [5.74, 6) is 0.750. The molecule has 48 valence electrons. The molecule has 2 atom stereocenters. The predicted octanol–water partition coefficient (Wildman–Crippen LogP) is 2.01. The predicted molar refractivity (Wildman–Crippen MR) is 36.0 cm³/mol. The van der Waals surface area contributed by atoms with Crippen LogP contribution in [0.1, 0.15) is 0 Å². The topological polar surface area (TPSA) is 0 Å². The number of rotatable bonds is 0. The third kappa shape index (κ3) is 2.49. The molecule has 1 aliphatic carbocycles. The van der Waals surface area contributed by atoms with Crippen LogP contribution >= 0.6 is 0 Å². The van der Waals surface area contributed by atoms with Gasteiger partial charge in [0.15, 0.2) is 0 Å². The SMILES string of the molecule is [CH2-]C1C=CC=CC1[CH2-].[W+2]. The zero-order valence-corrected chi connectivity index (χ0v) is 8.22. The van der Waals surface area contributed by atoms with Crippen molar-refractivity contribution in [1.82, 2.24) is 0 Å². The molecule has 0 bridgehead atoms. The minimum atomic E-state index is 0. The number of hydrogen-bond acceptors (Lipinski definition) is 0. The van der Waals surface area contributed by atoms with Gasteiger partial charge in [-0.3, -0.25) is 0 Å². The van der Waals surface area contributed by atoms with Crippen LogP contribution in [-0.2, 0) is 21.1 Å². The molecule has 0 heterocycles. The third-order valence-corrected chi connectivity index (χ3v) is 1.38. The van der Waals surface area contributed by atoms with Gasteiger partial charge in [0, 0.05) is 0 Å². The summed E-state index contributed by atoms with van der Waals surface area (Å²) in [5, 5.41) is 0. The normalized spacial score (nSPS) is 31.8. The Hall–Kier alpha value is 0.168. The van der Waals surface area contributed by atoms with Crippen molar-refractivity contribution in [2.24, 2.45) is 11.8 Å². The molecule has 0 aromatic carbocycles. The van der Waals surface area contributed by atoms with E-state index >= 15 is 0 Å². The van der Waals surface area contributed by atoms with E-state index in [4.69, 9.17) is 0 Å². The zero-order chi connectivity index (χ0) is 5.98. The monoisotopic (exact) mass is 290 g/mol. The third-order valence-electron chi connectivity index (χ3n) is 1.38. The molecule has 0 saturated carbocycles. The van der Waals surface area contributed by atoms with E-state index in [2.05, 4.69) is 26.0 Å².